The number of nitrogens with zero attached hydrogens (tertiary/aromatic N) is 2. The number of benzene rings is 1. The highest BCUT2D eigenvalue weighted by atomic mass is 16.1. The molecular weight excluding hydrogens is 238 g/mol. The van der Waals surface area contributed by atoms with E-state index in [1.807, 2.05) is 41.6 Å². The van der Waals surface area contributed by atoms with Crippen LogP contribution in [0.25, 0.3) is 10.8 Å². The highest BCUT2D eigenvalue weighted by Gasteiger charge is 2.13. The maximum Gasteiger partial charge on any atom is 0.246 e. The molecule has 1 aliphatic rings. The smallest absolute Gasteiger partial charge is 0.246 e. The number of anilines is 1. The second-order valence-electron chi connectivity index (χ2n) is 4.43. The van der Waals surface area contributed by atoms with Crippen LogP contribution in [0, 0.1) is 0 Å². The standard InChI is InChI=1S/C15H13N3O/c16-15(19)12-2-1-7-18(10-12)14-4-3-11-5-6-17-9-13(11)8-14/h1-9H,10H2,(H2,16,19). The van der Waals surface area contributed by atoms with Crippen LogP contribution in [-0.2, 0) is 4.79 Å². The zero-order valence-electron chi connectivity index (χ0n) is 10.3. The molecule has 0 aliphatic carbocycles. The van der Waals surface area contributed by atoms with Crippen molar-refractivity contribution in [1.82, 2.24) is 4.98 Å². The number of carbonyl (C=O) groups excluding carboxylic acids is 1. The van der Waals surface area contributed by atoms with E-state index in [1.54, 1.807) is 12.3 Å². The van der Waals surface area contributed by atoms with Gasteiger partial charge < -0.3 is 10.6 Å². The minimum atomic E-state index is -0.378. The van der Waals surface area contributed by atoms with Crippen LogP contribution in [0.4, 0.5) is 5.69 Å². The molecule has 4 nitrogen and oxygen atoms in total. The van der Waals surface area contributed by atoms with Gasteiger partial charge in [-0.2, -0.15) is 0 Å². The Balaban J connectivity index is 1.95. The highest BCUT2D eigenvalue weighted by molar-refractivity contribution is 5.94. The first-order chi connectivity index (χ1) is 9.24. The quantitative estimate of drug-likeness (QED) is 0.887. The minimum absolute atomic E-state index is 0.378. The summed E-state index contributed by atoms with van der Waals surface area (Å²) in [7, 11) is 0. The first-order valence-corrected chi connectivity index (χ1v) is 6.01. The van der Waals surface area contributed by atoms with E-state index in [-0.39, 0.29) is 5.91 Å². The summed E-state index contributed by atoms with van der Waals surface area (Å²) in [4.78, 5) is 17.3. The van der Waals surface area contributed by atoms with Gasteiger partial charge in [-0.1, -0.05) is 12.1 Å². The zero-order chi connectivity index (χ0) is 13.2. The van der Waals surface area contributed by atoms with Crippen LogP contribution in [0.15, 0.2) is 60.6 Å². The summed E-state index contributed by atoms with van der Waals surface area (Å²) in [6.07, 6.45) is 9.12. The van der Waals surface area contributed by atoms with Crippen molar-refractivity contribution in [3.63, 3.8) is 0 Å². The lowest BCUT2D eigenvalue weighted by Crippen LogP contribution is -2.28. The van der Waals surface area contributed by atoms with Crippen molar-refractivity contribution in [2.45, 2.75) is 0 Å². The number of fused-ring (bicyclic) bond motifs is 1. The molecule has 0 radical (unpaired) electrons. The fourth-order valence-corrected chi connectivity index (χ4v) is 2.14. The normalized spacial score (nSPS) is 14.5. The minimum Gasteiger partial charge on any atom is -0.366 e. The van der Waals surface area contributed by atoms with E-state index >= 15 is 0 Å². The molecule has 1 aromatic carbocycles. The number of hydrogen-bond donors (Lipinski definition) is 1. The molecule has 2 heterocycles. The van der Waals surface area contributed by atoms with Gasteiger partial charge >= 0.3 is 0 Å². The Morgan fingerprint density at radius 2 is 2.16 bits per heavy atom. The van der Waals surface area contributed by atoms with Crippen molar-refractivity contribution < 1.29 is 4.79 Å². The Morgan fingerprint density at radius 1 is 1.26 bits per heavy atom. The van der Waals surface area contributed by atoms with Gasteiger partial charge in [0.25, 0.3) is 0 Å². The highest BCUT2D eigenvalue weighted by Crippen LogP contribution is 2.23. The van der Waals surface area contributed by atoms with Crippen LogP contribution >= 0.6 is 0 Å². The Labute approximate surface area is 110 Å². The average Bonchev–Trinajstić information content (AvgIpc) is 2.47. The van der Waals surface area contributed by atoms with Crippen LogP contribution in [0.5, 0.6) is 0 Å². The summed E-state index contributed by atoms with van der Waals surface area (Å²) >= 11 is 0. The zero-order valence-corrected chi connectivity index (χ0v) is 10.3. The van der Waals surface area contributed by atoms with Crippen molar-refractivity contribution in [3.8, 4) is 0 Å². The Kier molecular flexibility index (Phi) is 2.76. The molecule has 0 saturated heterocycles. The second kappa shape index (κ2) is 4.57. The fraction of sp³-hybridized carbons (Fsp3) is 0.0667. The molecule has 1 aliphatic heterocycles. The Morgan fingerprint density at radius 3 is 3.00 bits per heavy atom. The third kappa shape index (κ3) is 2.20. The number of hydrogen-bond acceptors (Lipinski definition) is 3. The van der Waals surface area contributed by atoms with E-state index < -0.39 is 0 Å². The molecule has 94 valence electrons. The molecule has 0 atom stereocenters. The average molecular weight is 251 g/mol. The number of pyridine rings is 1. The Bertz CT molecular complexity index is 703. The van der Waals surface area contributed by atoms with Gasteiger partial charge in [-0.15, -0.1) is 0 Å². The van der Waals surface area contributed by atoms with E-state index in [0.717, 1.165) is 16.5 Å². The van der Waals surface area contributed by atoms with E-state index in [2.05, 4.69) is 11.1 Å². The molecule has 0 unspecified atom stereocenters. The molecular formula is C15H13N3O. The molecule has 2 N–H and O–H groups in total. The van der Waals surface area contributed by atoms with E-state index in [4.69, 9.17) is 5.73 Å². The third-order valence-corrected chi connectivity index (χ3v) is 3.18. The molecule has 19 heavy (non-hydrogen) atoms. The predicted octanol–water partition coefficient (Wildman–Crippen LogP) is 1.98. The number of carbonyl (C=O) groups is 1. The maximum absolute atomic E-state index is 11.2. The first-order valence-electron chi connectivity index (χ1n) is 6.01. The van der Waals surface area contributed by atoms with E-state index in [9.17, 15) is 4.79 Å². The van der Waals surface area contributed by atoms with Crippen LogP contribution in [-0.4, -0.2) is 17.4 Å². The molecule has 2 aromatic rings. The largest absolute Gasteiger partial charge is 0.366 e. The van der Waals surface area contributed by atoms with Gasteiger partial charge in [0.15, 0.2) is 0 Å². The van der Waals surface area contributed by atoms with Gasteiger partial charge in [0.05, 0.1) is 6.54 Å². The molecule has 0 spiro atoms. The van der Waals surface area contributed by atoms with Crippen LogP contribution in [0.1, 0.15) is 0 Å². The number of rotatable bonds is 2. The molecule has 3 rings (SSSR count). The number of primary amides is 1. The monoisotopic (exact) mass is 251 g/mol. The van der Waals surface area contributed by atoms with Crippen molar-refractivity contribution in [2.75, 3.05) is 11.4 Å². The van der Waals surface area contributed by atoms with Gasteiger partial charge in [-0.05, 0) is 29.7 Å². The van der Waals surface area contributed by atoms with Crippen molar-refractivity contribution >= 4 is 22.4 Å². The molecule has 4 heteroatoms. The van der Waals surface area contributed by atoms with Crippen LogP contribution in [0.3, 0.4) is 0 Å². The van der Waals surface area contributed by atoms with E-state index in [1.165, 1.54) is 0 Å². The van der Waals surface area contributed by atoms with Crippen molar-refractivity contribution in [1.29, 1.82) is 0 Å². The third-order valence-electron chi connectivity index (χ3n) is 3.18. The fourth-order valence-electron chi connectivity index (χ4n) is 2.14. The summed E-state index contributed by atoms with van der Waals surface area (Å²) in [5, 5.41) is 2.22. The topological polar surface area (TPSA) is 59.2 Å². The van der Waals surface area contributed by atoms with Gasteiger partial charge in [-0.25, -0.2) is 0 Å². The SMILES string of the molecule is NC(=O)C1=CC=CN(c2ccc3ccncc3c2)C1. The van der Waals surface area contributed by atoms with Gasteiger partial charge in [0, 0.05) is 35.2 Å². The number of allylic oxidation sites excluding steroid dienone is 2. The number of nitrogens with two attached hydrogens (primary N) is 1. The summed E-state index contributed by atoms with van der Waals surface area (Å²) in [6, 6.07) is 8.09. The van der Waals surface area contributed by atoms with E-state index in [0.29, 0.717) is 12.1 Å². The summed E-state index contributed by atoms with van der Waals surface area (Å²) < 4.78 is 0. The van der Waals surface area contributed by atoms with Crippen LogP contribution in [0.2, 0.25) is 0 Å². The number of amides is 1. The molecule has 0 bridgehead atoms. The van der Waals surface area contributed by atoms with Gasteiger partial charge in [0.2, 0.25) is 5.91 Å². The van der Waals surface area contributed by atoms with Crippen LogP contribution < -0.4 is 10.6 Å². The summed E-state index contributed by atoms with van der Waals surface area (Å²) in [5.41, 5.74) is 6.94. The molecule has 1 amide bonds. The lowest BCUT2D eigenvalue weighted by atomic mass is 10.1. The predicted molar refractivity (Wildman–Crippen MR) is 75.5 cm³/mol. The van der Waals surface area contributed by atoms with Gasteiger partial charge in [0.1, 0.15) is 0 Å². The van der Waals surface area contributed by atoms with Crippen molar-refractivity contribution in [2.24, 2.45) is 5.73 Å². The molecule has 0 saturated carbocycles. The summed E-state index contributed by atoms with van der Waals surface area (Å²) in [5.74, 6) is -0.378. The Hall–Kier alpha value is -2.62. The van der Waals surface area contributed by atoms with Gasteiger partial charge in [-0.3, -0.25) is 9.78 Å². The number of aromatic nitrogens is 1. The lowest BCUT2D eigenvalue weighted by molar-refractivity contribution is -0.114. The first kappa shape index (κ1) is 11.5. The lowest BCUT2D eigenvalue weighted by Gasteiger charge is -2.23. The maximum atomic E-state index is 11.2. The second-order valence-corrected chi connectivity index (χ2v) is 4.43. The summed E-state index contributed by atoms with van der Waals surface area (Å²) in [6.45, 7) is 0.498. The molecule has 0 fully saturated rings. The van der Waals surface area contributed by atoms with Crippen molar-refractivity contribution in [3.05, 3.63) is 60.6 Å². The molecule has 1 aromatic heterocycles.